The normalized spacial score (nSPS) is 17.3. The minimum absolute atomic E-state index is 0.0210. The van der Waals surface area contributed by atoms with E-state index in [0.29, 0.717) is 24.2 Å². The highest BCUT2D eigenvalue weighted by atomic mass is 32.2. The van der Waals surface area contributed by atoms with Crippen LogP contribution < -0.4 is 5.32 Å². The summed E-state index contributed by atoms with van der Waals surface area (Å²) in [5.41, 5.74) is 0.950. The van der Waals surface area contributed by atoms with Gasteiger partial charge in [0, 0.05) is 36.4 Å². The number of esters is 1. The molecule has 1 aromatic heterocycles. The number of H-pyrrole nitrogens is 1. The van der Waals surface area contributed by atoms with Gasteiger partial charge in [-0.2, -0.15) is 4.31 Å². The first-order chi connectivity index (χ1) is 13.1. The van der Waals surface area contributed by atoms with Crippen LogP contribution in [0.1, 0.15) is 61.8 Å². The largest absolute Gasteiger partial charge is 0.462 e. The predicted molar refractivity (Wildman–Crippen MR) is 106 cm³/mol. The second kappa shape index (κ2) is 9.09. The summed E-state index contributed by atoms with van der Waals surface area (Å²) in [5, 5.41) is 2.96. The number of piperidine rings is 1. The number of hydrogen-bond acceptors (Lipinski definition) is 5. The number of nitrogens with one attached hydrogen (secondary N) is 2. The highest BCUT2D eigenvalue weighted by Crippen LogP contribution is 2.30. The number of aryl methyl sites for hydroxylation is 2. The number of carbonyl (C=O) groups excluding carboxylic acids is 2. The fourth-order valence-electron chi connectivity index (χ4n) is 3.48. The minimum atomic E-state index is -3.87. The lowest BCUT2D eigenvalue weighted by atomic mass is 9.97. The molecule has 1 aromatic rings. The summed E-state index contributed by atoms with van der Waals surface area (Å²) in [5.74, 6) is -0.864. The average Bonchev–Trinajstić information content (AvgIpc) is 2.96. The number of rotatable bonds is 7. The lowest BCUT2D eigenvalue weighted by Gasteiger charge is -2.31. The minimum Gasteiger partial charge on any atom is -0.462 e. The van der Waals surface area contributed by atoms with Crippen LogP contribution in [-0.4, -0.2) is 55.3 Å². The zero-order valence-corrected chi connectivity index (χ0v) is 18.1. The first kappa shape index (κ1) is 22.4. The first-order valence-corrected chi connectivity index (χ1v) is 11.2. The molecule has 2 heterocycles. The maximum absolute atomic E-state index is 13.2. The Morgan fingerprint density at radius 2 is 1.82 bits per heavy atom. The van der Waals surface area contributed by atoms with E-state index in [0.717, 1.165) is 6.42 Å². The third-order valence-electron chi connectivity index (χ3n) is 5.22. The van der Waals surface area contributed by atoms with Gasteiger partial charge in [-0.3, -0.25) is 4.79 Å². The molecule has 2 rings (SSSR count). The molecule has 1 aliphatic rings. The molecular weight excluding hydrogens is 382 g/mol. The van der Waals surface area contributed by atoms with Crippen molar-refractivity contribution >= 4 is 21.9 Å². The second-order valence-corrected chi connectivity index (χ2v) is 9.17. The molecule has 0 aliphatic carbocycles. The fraction of sp³-hybridized carbons (Fsp3) is 0.684. The Hall–Kier alpha value is -1.87. The van der Waals surface area contributed by atoms with Crippen LogP contribution in [0.15, 0.2) is 4.90 Å². The average molecular weight is 414 g/mol. The smallest absolute Gasteiger partial charge is 0.341 e. The number of aromatic nitrogens is 1. The number of sulfonamides is 1. The van der Waals surface area contributed by atoms with Gasteiger partial charge >= 0.3 is 5.97 Å². The predicted octanol–water partition coefficient (Wildman–Crippen LogP) is 2.12. The summed E-state index contributed by atoms with van der Waals surface area (Å²) in [7, 11) is -3.87. The topological polar surface area (TPSA) is 109 Å². The van der Waals surface area contributed by atoms with Crippen LogP contribution in [0.25, 0.3) is 0 Å². The molecule has 1 aliphatic heterocycles. The number of ether oxygens (including phenoxy) is 1. The van der Waals surface area contributed by atoms with Crippen molar-refractivity contribution in [2.24, 2.45) is 5.92 Å². The lowest BCUT2D eigenvalue weighted by Crippen LogP contribution is -2.44. The molecule has 2 N–H and O–H groups in total. The van der Waals surface area contributed by atoms with E-state index in [9.17, 15) is 18.0 Å². The van der Waals surface area contributed by atoms with Crippen molar-refractivity contribution in [2.75, 3.05) is 19.7 Å². The van der Waals surface area contributed by atoms with Crippen molar-refractivity contribution < 1.29 is 22.7 Å². The highest BCUT2D eigenvalue weighted by Gasteiger charge is 2.37. The van der Waals surface area contributed by atoms with E-state index in [4.69, 9.17) is 4.74 Å². The van der Waals surface area contributed by atoms with Gasteiger partial charge in [0.25, 0.3) is 0 Å². The lowest BCUT2D eigenvalue weighted by molar-refractivity contribution is -0.126. The summed E-state index contributed by atoms with van der Waals surface area (Å²) in [6, 6.07) is 0.104. The fourth-order valence-corrected chi connectivity index (χ4v) is 5.36. The SMILES string of the molecule is CCOC(=O)c1c(C)[nH]c(C)c1S(=O)(=O)N1CCC(C(=O)N[C@H](C)CC)CC1. The first-order valence-electron chi connectivity index (χ1n) is 9.80. The van der Waals surface area contributed by atoms with E-state index in [1.54, 1.807) is 20.8 Å². The van der Waals surface area contributed by atoms with Gasteiger partial charge in [0.05, 0.1) is 6.61 Å². The van der Waals surface area contributed by atoms with Crippen LogP contribution in [0, 0.1) is 19.8 Å². The third-order valence-corrected chi connectivity index (χ3v) is 7.29. The summed E-state index contributed by atoms with van der Waals surface area (Å²) in [4.78, 5) is 27.6. The van der Waals surface area contributed by atoms with Crippen molar-refractivity contribution in [3.05, 3.63) is 17.0 Å². The van der Waals surface area contributed by atoms with E-state index in [2.05, 4.69) is 10.3 Å². The molecule has 0 radical (unpaired) electrons. The molecule has 28 heavy (non-hydrogen) atoms. The van der Waals surface area contributed by atoms with Crippen LogP contribution in [0.3, 0.4) is 0 Å². The summed E-state index contributed by atoms with van der Waals surface area (Å²) in [6.45, 7) is 9.57. The van der Waals surface area contributed by atoms with Crippen molar-refractivity contribution in [1.29, 1.82) is 0 Å². The van der Waals surface area contributed by atoms with Crippen LogP contribution in [0.2, 0.25) is 0 Å². The molecule has 0 saturated carbocycles. The maximum atomic E-state index is 13.2. The molecule has 1 saturated heterocycles. The Morgan fingerprint density at radius 1 is 1.21 bits per heavy atom. The van der Waals surface area contributed by atoms with Crippen molar-refractivity contribution in [2.45, 2.75) is 64.8 Å². The van der Waals surface area contributed by atoms with Crippen molar-refractivity contribution in [3.63, 3.8) is 0 Å². The molecule has 1 fully saturated rings. The number of aromatic amines is 1. The maximum Gasteiger partial charge on any atom is 0.341 e. The van der Waals surface area contributed by atoms with Gasteiger partial charge in [-0.15, -0.1) is 0 Å². The molecule has 0 aromatic carbocycles. The molecular formula is C19H31N3O5S. The summed E-state index contributed by atoms with van der Waals surface area (Å²) in [6.07, 6.45) is 1.76. The summed E-state index contributed by atoms with van der Waals surface area (Å²) < 4.78 is 32.9. The van der Waals surface area contributed by atoms with Crippen LogP contribution in [0.4, 0.5) is 0 Å². The van der Waals surface area contributed by atoms with Gasteiger partial charge in [-0.05, 0) is 47.0 Å². The molecule has 1 atom stereocenters. The highest BCUT2D eigenvalue weighted by molar-refractivity contribution is 7.89. The molecule has 158 valence electrons. The third kappa shape index (κ3) is 4.57. The standard InChI is InChI=1S/C19H31N3O5S/c1-6-12(3)20-18(23)15-8-10-22(11-9-15)28(25,26)17-14(5)21-13(4)16(17)19(24)27-7-2/h12,15,21H,6-11H2,1-5H3,(H,20,23)/t12-/m1/s1. The van der Waals surface area contributed by atoms with E-state index >= 15 is 0 Å². The molecule has 0 spiro atoms. The Bertz CT molecular complexity index is 823. The molecule has 9 heteroatoms. The Labute approximate surface area is 167 Å². The monoisotopic (exact) mass is 413 g/mol. The van der Waals surface area contributed by atoms with E-state index in [-0.39, 0.29) is 48.0 Å². The summed E-state index contributed by atoms with van der Waals surface area (Å²) >= 11 is 0. The second-order valence-electron chi connectivity index (χ2n) is 7.30. The van der Waals surface area contributed by atoms with Gasteiger partial charge in [0.15, 0.2) is 0 Å². The zero-order valence-electron chi connectivity index (χ0n) is 17.3. The van der Waals surface area contributed by atoms with E-state index in [1.165, 1.54) is 4.31 Å². The number of amides is 1. The zero-order chi connectivity index (χ0) is 21.1. The number of carbonyl (C=O) groups is 2. The van der Waals surface area contributed by atoms with Crippen molar-refractivity contribution in [1.82, 2.24) is 14.6 Å². The van der Waals surface area contributed by atoms with Gasteiger partial charge in [0.2, 0.25) is 15.9 Å². The van der Waals surface area contributed by atoms with Crippen LogP contribution >= 0.6 is 0 Å². The van der Waals surface area contributed by atoms with Gasteiger partial charge in [0.1, 0.15) is 10.5 Å². The Balaban J connectivity index is 2.19. The Morgan fingerprint density at radius 3 is 2.36 bits per heavy atom. The van der Waals surface area contributed by atoms with Gasteiger partial charge in [-0.25, -0.2) is 13.2 Å². The molecule has 0 bridgehead atoms. The van der Waals surface area contributed by atoms with Gasteiger partial charge < -0.3 is 15.0 Å². The molecule has 0 unspecified atom stereocenters. The van der Waals surface area contributed by atoms with Crippen LogP contribution in [-0.2, 0) is 19.6 Å². The van der Waals surface area contributed by atoms with Crippen molar-refractivity contribution in [3.8, 4) is 0 Å². The number of hydrogen-bond donors (Lipinski definition) is 2. The Kier molecular flexibility index (Phi) is 7.28. The van der Waals surface area contributed by atoms with Gasteiger partial charge in [-0.1, -0.05) is 6.92 Å². The number of nitrogens with zero attached hydrogens (tertiary/aromatic N) is 1. The van der Waals surface area contributed by atoms with E-state index < -0.39 is 16.0 Å². The van der Waals surface area contributed by atoms with Crippen LogP contribution in [0.5, 0.6) is 0 Å². The quantitative estimate of drug-likeness (QED) is 0.666. The van der Waals surface area contributed by atoms with E-state index in [1.807, 2.05) is 13.8 Å². The molecule has 1 amide bonds. The molecule has 8 nitrogen and oxygen atoms in total.